The number of hydrogen-bond acceptors (Lipinski definition) is 4. The van der Waals surface area contributed by atoms with E-state index in [1.807, 2.05) is 29.3 Å². The van der Waals surface area contributed by atoms with Crippen molar-refractivity contribution >= 4 is 0 Å². The van der Waals surface area contributed by atoms with E-state index in [4.69, 9.17) is 0 Å². The van der Waals surface area contributed by atoms with Crippen molar-refractivity contribution in [3.8, 4) is 5.69 Å². The van der Waals surface area contributed by atoms with E-state index in [1.54, 1.807) is 6.20 Å². The summed E-state index contributed by atoms with van der Waals surface area (Å²) in [6, 6.07) is 10.6. The van der Waals surface area contributed by atoms with Gasteiger partial charge in [0.1, 0.15) is 5.82 Å². The van der Waals surface area contributed by atoms with Gasteiger partial charge >= 0.3 is 0 Å². The number of aryl methyl sites for hydroxylation is 1. The van der Waals surface area contributed by atoms with Gasteiger partial charge in [0, 0.05) is 64.6 Å². The highest BCUT2D eigenvalue weighted by Crippen LogP contribution is 2.13. The lowest BCUT2D eigenvalue weighted by Gasteiger charge is -2.34. The van der Waals surface area contributed by atoms with Gasteiger partial charge in [0.2, 0.25) is 0 Å². The first-order valence-electron chi connectivity index (χ1n) is 8.78. The van der Waals surface area contributed by atoms with E-state index in [2.05, 4.69) is 55.8 Å². The minimum absolute atomic E-state index is 0.940. The lowest BCUT2D eigenvalue weighted by molar-refractivity contribution is 0.119. The van der Waals surface area contributed by atoms with Crippen molar-refractivity contribution in [3.63, 3.8) is 0 Å². The van der Waals surface area contributed by atoms with Crippen LogP contribution in [0.1, 0.15) is 11.4 Å². The van der Waals surface area contributed by atoms with Gasteiger partial charge < -0.3 is 4.57 Å². The minimum Gasteiger partial charge on any atom is -0.337 e. The summed E-state index contributed by atoms with van der Waals surface area (Å²) in [4.78, 5) is 9.44. The van der Waals surface area contributed by atoms with Gasteiger partial charge in [-0.3, -0.25) is 9.80 Å². The molecule has 130 valence electrons. The molecule has 0 aliphatic carbocycles. The Hall–Kier alpha value is -2.44. The summed E-state index contributed by atoms with van der Waals surface area (Å²) in [5, 5.41) is 4.27. The van der Waals surface area contributed by atoms with E-state index < -0.39 is 0 Å². The topological polar surface area (TPSA) is 42.1 Å². The lowest BCUT2D eigenvalue weighted by atomic mass is 10.2. The molecule has 6 heteroatoms. The predicted molar refractivity (Wildman–Crippen MR) is 97.3 cm³/mol. The van der Waals surface area contributed by atoms with Crippen LogP contribution in [0.4, 0.5) is 0 Å². The first kappa shape index (κ1) is 16.1. The summed E-state index contributed by atoms with van der Waals surface area (Å²) in [6.07, 6.45) is 7.66. The van der Waals surface area contributed by atoms with E-state index in [0.29, 0.717) is 0 Å². The average Bonchev–Trinajstić information content (AvgIpc) is 3.30. The monoisotopic (exact) mass is 336 g/mol. The van der Waals surface area contributed by atoms with Gasteiger partial charge in [-0.25, -0.2) is 9.67 Å². The molecule has 4 rings (SSSR count). The molecule has 1 aliphatic heterocycles. The Kier molecular flexibility index (Phi) is 4.63. The summed E-state index contributed by atoms with van der Waals surface area (Å²) in [5.41, 5.74) is 2.46. The number of nitrogens with zero attached hydrogens (tertiary/aromatic N) is 6. The minimum atomic E-state index is 0.940. The third-order valence-corrected chi connectivity index (χ3v) is 4.86. The van der Waals surface area contributed by atoms with E-state index in [9.17, 15) is 0 Å². The van der Waals surface area contributed by atoms with Gasteiger partial charge in [0.05, 0.1) is 12.2 Å². The van der Waals surface area contributed by atoms with E-state index in [-0.39, 0.29) is 0 Å². The standard InChI is InChI=1S/C19H24N6/c1-22-10-8-20-19(22)16-24-13-11-23(12-14-24)15-17-3-5-18(6-4-17)25-9-2-7-21-25/h2-10H,11-16H2,1H3. The zero-order valence-corrected chi connectivity index (χ0v) is 14.6. The molecule has 0 N–H and O–H groups in total. The van der Waals surface area contributed by atoms with Gasteiger partial charge in [-0.15, -0.1) is 0 Å². The summed E-state index contributed by atoms with van der Waals surface area (Å²) in [7, 11) is 2.06. The molecule has 3 heterocycles. The van der Waals surface area contributed by atoms with Gasteiger partial charge in [-0.1, -0.05) is 12.1 Å². The second-order valence-corrected chi connectivity index (χ2v) is 6.62. The Labute approximate surface area is 148 Å². The molecule has 3 aromatic rings. The van der Waals surface area contributed by atoms with Crippen LogP contribution < -0.4 is 0 Å². The molecule has 6 nitrogen and oxygen atoms in total. The lowest BCUT2D eigenvalue weighted by Crippen LogP contribution is -2.45. The first-order chi connectivity index (χ1) is 12.3. The van der Waals surface area contributed by atoms with Gasteiger partial charge in [0.15, 0.2) is 0 Å². The Morgan fingerprint density at radius 1 is 0.880 bits per heavy atom. The van der Waals surface area contributed by atoms with Crippen LogP contribution in [-0.4, -0.2) is 55.3 Å². The quantitative estimate of drug-likeness (QED) is 0.714. The maximum absolute atomic E-state index is 4.43. The number of rotatable bonds is 5. The Morgan fingerprint density at radius 2 is 1.60 bits per heavy atom. The molecular formula is C19H24N6. The van der Waals surface area contributed by atoms with Crippen molar-refractivity contribution in [3.05, 3.63) is 66.5 Å². The average molecular weight is 336 g/mol. The fraction of sp³-hybridized carbons (Fsp3) is 0.368. The maximum Gasteiger partial charge on any atom is 0.122 e. The van der Waals surface area contributed by atoms with Crippen molar-refractivity contribution in [2.24, 2.45) is 7.05 Å². The van der Waals surface area contributed by atoms with Crippen LogP contribution >= 0.6 is 0 Å². The fourth-order valence-electron chi connectivity index (χ4n) is 3.29. The zero-order valence-electron chi connectivity index (χ0n) is 14.6. The Bertz CT molecular complexity index is 782. The van der Waals surface area contributed by atoms with Crippen molar-refractivity contribution in [2.45, 2.75) is 13.1 Å². The highest BCUT2D eigenvalue weighted by molar-refractivity contribution is 5.33. The molecule has 0 atom stereocenters. The second kappa shape index (κ2) is 7.21. The second-order valence-electron chi connectivity index (χ2n) is 6.62. The molecular weight excluding hydrogens is 312 g/mol. The van der Waals surface area contributed by atoms with E-state index in [1.165, 1.54) is 5.56 Å². The molecule has 0 bridgehead atoms. The number of imidazole rings is 1. The van der Waals surface area contributed by atoms with E-state index >= 15 is 0 Å². The largest absolute Gasteiger partial charge is 0.337 e. The molecule has 1 aliphatic rings. The van der Waals surface area contributed by atoms with Crippen LogP contribution in [0.25, 0.3) is 5.69 Å². The summed E-state index contributed by atoms with van der Waals surface area (Å²) in [6.45, 7) is 6.35. The number of hydrogen-bond donors (Lipinski definition) is 0. The molecule has 0 saturated carbocycles. The SMILES string of the molecule is Cn1ccnc1CN1CCN(Cc2ccc(-n3cccn3)cc2)CC1. The number of benzene rings is 1. The third kappa shape index (κ3) is 3.81. The van der Waals surface area contributed by atoms with Crippen LogP contribution in [0.3, 0.4) is 0 Å². The number of piperazine rings is 1. The summed E-state index contributed by atoms with van der Waals surface area (Å²) < 4.78 is 3.99. The first-order valence-corrected chi connectivity index (χ1v) is 8.78. The van der Waals surface area contributed by atoms with E-state index in [0.717, 1.165) is 50.8 Å². The van der Waals surface area contributed by atoms with Crippen LogP contribution in [0.5, 0.6) is 0 Å². The fourth-order valence-corrected chi connectivity index (χ4v) is 3.29. The van der Waals surface area contributed by atoms with Crippen molar-refractivity contribution in [1.29, 1.82) is 0 Å². The summed E-state index contributed by atoms with van der Waals surface area (Å²) >= 11 is 0. The van der Waals surface area contributed by atoms with Crippen LogP contribution in [0.15, 0.2) is 55.1 Å². The molecule has 0 spiro atoms. The molecule has 0 radical (unpaired) electrons. The Morgan fingerprint density at radius 3 is 2.20 bits per heavy atom. The highest BCUT2D eigenvalue weighted by Gasteiger charge is 2.18. The van der Waals surface area contributed by atoms with Crippen molar-refractivity contribution in [2.75, 3.05) is 26.2 Å². The molecule has 0 amide bonds. The Balaban J connectivity index is 1.29. The maximum atomic E-state index is 4.43. The molecule has 2 aromatic heterocycles. The van der Waals surface area contributed by atoms with Crippen molar-refractivity contribution < 1.29 is 0 Å². The van der Waals surface area contributed by atoms with Crippen LogP contribution in [-0.2, 0) is 20.1 Å². The highest BCUT2D eigenvalue weighted by atomic mass is 15.3. The molecule has 1 aromatic carbocycles. The molecule has 1 fully saturated rings. The zero-order chi connectivity index (χ0) is 17.1. The van der Waals surface area contributed by atoms with Gasteiger partial charge in [-0.2, -0.15) is 5.10 Å². The van der Waals surface area contributed by atoms with Gasteiger partial charge in [0.25, 0.3) is 0 Å². The molecule has 0 unspecified atom stereocenters. The van der Waals surface area contributed by atoms with Crippen molar-refractivity contribution in [1.82, 2.24) is 29.1 Å². The number of aromatic nitrogens is 4. The predicted octanol–water partition coefficient (Wildman–Crippen LogP) is 1.92. The molecule has 25 heavy (non-hydrogen) atoms. The smallest absolute Gasteiger partial charge is 0.122 e. The molecule has 1 saturated heterocycles. The summed E-state index contributed by atoms with van der Waals surface area (Å²) in [5.74, 6) is 1.14. The normalized spacial score (nSPS) is 16.4. The van der Waals surface area contributed by atoms with Gasteiger partial charge in [-0.05, 0) is 23.8 Å². The van der Waals surface area contributed by atoms with Crippen LogP contribution in [0.2, 0.25) is 0 Å². The van der Waals surface area contributed by atoms with Crippen LogP contribution in [0, 0.1) is 0 Å². The third-order valence-electron chi connectivity index (χ3n) is 4.86.